The smallest absolute Gasteiger partial charge is 0.338 e. The van der Waals surface area contributed by atoms with Crippen LogP contribution in [0.25, 0.3) is 0 Å². The van der Waals surface area contributed by atoms with Crippen LogP contribution in [0.2, 0.25) is 0 Å². The molecular formula is C14H19NO2. The van der Waals surface area contributed by atoms with E-state index in [0.717, 1.165) is 18.7 Å². The highest BCUT2D eigenvalue weighted by molar-refractivity contribution is 5.91. The van der Waals surface area contributed by atoms with Crippen molar-refractivity contribution in [1.29, 1.82) is 0 Å². The van der Waals surface area contributed by atoms with E-state index in [4.69, 9.17) is 4.74 Å². The average molecular weight is 233 g/mol. The molecule has 1 fully saturated rings. The molecule has 1 aliphatic heterocycles. The lowest BCUT2D eigenvalue weighted by Crippen LogP contribution is -2.26. The van der Waals surface area contributed by atoms with Crippen LogP contribution in [-0.4, -0.2) is 26.2 Å². The van der Waals surface area contributed by atoms with E-state index in [1.165, 1.54) is 25.5 Å². The Balaban J connectivity index is 2.20. The summed E-state index contributed by atoms with van der Waals surface area (Å²) in [7, 11) is 1.42. The maximum absolute atomic E-state index is 11.5. The third-order valence-electron chi connectivity index (χ3n) is 3.47. The summed E-state index contributed by atoms with van der Waals surface area (Å²) >= 11 is 0. The number of benzene rings is 1. The van der Waals surface area contributed by atoms with Crippen LogP contribution in [0, 0.1) is 6.92 Å². The third-order valence-corrected chi connectivity index (χ3v) is 3.47. The van der Waals surface area contributed by atoms with Crippen LogP contribution in [0.4, 0.5) is 0 Å². The first-order valence-electron chi connectivity index (χ1n) is 6.12. The van der Waals surface area contributed by atoms with E-state index in [9.17, 15) is 4.79 Å². The molecule has 0 unspecified atom stereocenters. The quantitative estimate of drug-likeness (QED) is 0.796. The van der Waals surface area contributed by atoms with Gasteiger partial charge in [-0.25, -0.2) is 4.79 Å². The van der Waals surface area contributed by atoms with Gasteiger partial charge in [0.1, 0.15) is 0 Å². The molecule has 1 aliphatic rings. The molecule has 1 saturated heterocycles. The topological polar surface area (TPSA) is 38.3 Å². The van der Waals surface area contributed by atoms with Crippen molar-refractivity contribution < 1.29 is 9.53 Å². The lowest BCUT2D eigenvalue weighted by molar-refractivity contribution is 0.0600. The molecule has 92 valence electrons. The number of hydrogen-bond acceptors (Lipinski definition) is 3. The second-order valence-corrected chi connectivity index (χ2v) is 4.59. The van der Waals surface area contributed by atoms with Crippen molar-refractivity contribution in [2.45, 2.75) is 25.7 Å². The molecule has 0 aliphatic carbocycles. The lowest BCUT2D eigenvalue weighted by Gasteiger charge is -2.23. The Hall–Kier alpha value is -1.35. The number of hydrogen-bond donors (Lipinski definition) is 1. The van der Waals surface area contributed by atoms with Crippen molar-refractivity contribution in [2.24, 2.45) is 0 Å². The number of carbonyl (C=O) groups is 1. The molecule has 1 aromatic carbocycles. The summed E-state index contributed by atoms with van der Waals surface area (Å²) in [6.45, 7) is 4.14. The molecule has 3 heteroatoms. The number of esters is 1. The Morgan fingerprint density at radius 2 is 2.06 bits per heavy atom. The van der Waals surface area contributed by atoms with Gasteiger partial charge in [0, 0.05) is 0 Å². The van der Waals surface area contributed by atoms with Gasteiger partial charge in [-0.15, -0.1) is 0 Å². The average Bonchev–Trinajstić information content (AvgIpc) is 2.39. The first-order chi connectivity index (χ1) is 8.22. The fraction of sp³-hybridized carbons (Fsp3) is 0.500. The Kier molecular flexibility index (Phi) is 3.79. The maximum atomic E-state index is 11.5. The van der Waals surface area contributed by atoms with Crippen LogP contribution in [0.1, 0.15) is 40.2 Å². The van der Waals surface area contributed by atoms with Gasteiger partial charge in [0.25, 0.3) is 0 Å². The second kappa shape index (κ2) is 5.32. The Bertz CT molecular complexity index is 409. The normalized spacial score (nSPS) is 16.8. The predicted molar refractivity (Wildman–Crippen MR) is 67.4 cm³/mol. The van der Waals surface area contributed by atoms with E-state index in [1.807, 2.05) is 13.0 Å². The van der Waals surface area contributed by atoms with Crippen LogP contribution >= 0.6 is 0 Å². The summed E-state index contributed by atoms with van der Waals surface area (Å²) in [5.74, 6) is 0.376. The van der Waals surface area contributed by atoms with Crippen molar-refractivity contribution >= 4 is 5.97 Å². The third kappa shape index (κ3) is 2.67. The Morgan fingerprint density at radius 3 is 2.65 bits per heavy atom. The van der Waals surface area contributed by atoms with Gasteiger partial charge in [0.05, 0.1) is 12.7 Å². The van der Waals surface area contributed by atoms with Crippen molar-refractivity contribution in [3.05, 3.63) is 34.9 Å². The number of carbonyl (C=O) groups excluding carboxylic acids is 1. The minimum atomic E-state index is -0.251. The number of nitrogens with one attached hydrogen (secondary N) is 1. The van der Waals surface area contributed by atoms with Gasteiger partial charge in [-0.2, -0.15) is 0 Å². The molecule has 0 amide bonds. The van der Waals surface area contributed by atoms with Crippen LogP contribution < -0.4 is 5.32 Å². The summed E-state index contributed by atoms with van der Waals surface area (Å²) in [6, 6.07) is 6.08. The first-order valence-corrected chi connectivity index (χ1v) is 6.12. The van der Waals surface area contributed by atoms with E-state index < -0.39 is 0 Å². The molecule has 1 N–H and O–H groups in total. The molecule has 0 bridgehead atoms. The van der Waals surface area contributed by atoms with Crippen molar-refractivity contribution in [3.8, 4) is 0 Å². The van der Waals surface area contributed by atoms with Gasteiger partial charge in [-0.05, 0) is 56.0 Å². The largest absolute Gasteiger partial charge is 0.465 e. The summed E-state index contributed by atoms with van der Waals surface area (Å²) in [5, 5.41) is 3.36. The van der Waals surface area contributed by atoms with E-state index in [-0.39, 0.29) is 5.97 Å². The van der Waals surface area contributed by atoms with Gasteiger partial charge in [-0.1, -0.05) is 12.1 Å². The van der Waals surface area contributed by atoms with Crippen molar-refractivity contribution in [2.75, 3.05) is 20.2 Å². The van der Waals surface area contributed by atoms with Crippen molar-refractivity contribution in [3.63, 3.8) is 0 Å². The van der Waals surface area contributed by atoms with Crippen LogP contribution in [-0.2, 0) is 4.74 Å². The highest BCUT2D eigenvalue weighted by Gasteiger charge is 2.17. The van der Waals surface area contributed by atoms with Crippen LogP contribution in [0.5, 0.6) is 0 Å². The molecule has 17 heavy (non-hydrogen) atoms. The number of ether oxygens (including phenoxy) is 1. The highest BCUT2D eigenvalue weighted by Crippen LogP contribution is 2.26. The summed E-state index contributed by atoms with van der Waals surface area (Å²) in [4.78, 5) is 11.5. The molecular weight excluding hydrogens is 214 g/mol. The van der Waals surface area contributed by atoms with Gasteiger partial charge < -0.3 is 10.1 Å². The highest BCUT2D eigenvalue weighted by atomic mass is 16.5. The van der Waals surface area contributed by atoms with Gasteiger partial charge in [-0.3, -0.25) is 0 Å². The molecule has 0 radical (unpaired) electrons. The Morgan fingerprint density at radius 1 is 1.35 bits per heavy atom. The first kappa shape index (κ1) is 12.1. The van der Waals surface area contributed by atoms with Crippen LogP contribution in [0.3, 0.4) is 0 Å². The molecule has 3 nitrogen and oxygen atoms in total. The molecule has 0 saturated carbocycles. The van der Waals surface area contributed by atoms with Gasteiger partial charge in [0.15, 0.2) is 0 Å². The zero-order valence-electron chi connectivity index (χ0n) is 10.5. The van der Waals surface area contributed by atoms with E-state index in [2.05, 4.69) is 17.4 Å². The summed E-state index contributed by atoms with van der Waals surface area (Å²) in [6.07, 6.45) is 2.36. The standard InChI is InChI=1S/C14H19NO2/c1-10-9-12(11-5-7-15-8-6-11)3-4-13(10)14(16)17-2/h3-4,9,11,15H,5-8H2,1-2H3. The van der Waals surface area contributed by atoms with Crippen LogP contribution in [0.15, 0.2) is 18.2 Å². The fourth-order valence-electron chi connectivity index (χ4n) is 2.44. The summed E-state index contributed by atoms with van der Waals surface area (Å²) < 4.78 is 4.75. The molecule has 2 rings (SSSR count). The molecule has 1 aromatic rings. The van der Waals surface area contributed by atoms with Gasteiger partial charge in [0.2, 0.25) is 0 Å². The maximum Gasteiger partial charge on any atom is 0.338 e. The van der Waals surface area contributed by atoms with E-state index >= 15 is 0 Å². The molecule has 0 spiro atoms. The van der Waals surface area contributed by atoms with E-state index in [1.54, 1.807) is 0 Å². The minimum absolute atomic E-state index is 0.251. The zero-order valence-corrected chi connectivity index (χ0v) is 10.5. The Labute approximate surface area is 102 Å². The summed E-state index contributed by atoms with van der Waals surface area (Å²) in [5.41, 5.74) is 3.02. The molecule has 1 heterocycles. The molecule has 0 atom stereocenters. The van der Waals surface area contributed by atoms with Crippen molar-refractivity contribution in [1.82, 2.24) is 5.32 Å². The predicted octanol–water partition coefficient (Wildman–Crippen LogP) is 2.25. The minimum Gasteiger partial charge on any atom is -0.465 e. The second-order valence-electron chi connectivity index (χ2n) is 4.59. The number of methoxy groups -OCH3 is 1. The fourth-order valence-corrected chi connectivity index (χ4v) is 2.44. The number of rotatable bonds is 2. The van der Waals surface area contributed by atoms with E-state index in [0.29, 0.717) is 11.5 Å². The number of aryl methyl sites for hydroxylation is 1. The van der Waals surface area contributed by atoms with Gasteiger partial charge >= 0.3 is 5.97 Å². The zero-order chi connectivity index (χ0) is 12.3. The molecule has 0 aromatic heterocycles. The SMILES string of the molecule is COC(=O)c1ccc(C2CCNCC2)cc1C. The lowest BCUT2D eigenvalue weighted by atomic mass is 9.88. The number of piperidine rings is 1. The monoisotopic (exact) mass is 233 g/mol.